The minimum atomic E-state index is -0.312. The van der Waals surface area contributed by atoms with Crippen LogP contribution in [-0.4, -0.2) is 11.9 Å². The van der Waals surface area contributed by atoms with Gasteiger partial charge in [-0.15, -0.1) is 0 Å². The van der Waals surface area contributed by atoms with Crippen LogP contribution in [-0.2, 0) is 15.0 Å². The molecule has 3 rings (SSSR count). The third-order valence-corrected chi connectivity index (χ3v) is 5.29. The van der Waals surface area contributed by atoms with Gasteiger partial charge in [-0.2, -0.15) is 0 Å². The minimum absolute atomic E-state index is 0.0694. The third kappa shape index (κ3) is 4.57. The Balaban J connectivity index is 1.96. The number of rotatable bonds is 4. The molecule has 0 heterocycles. The van der Waals surface area contributed by atoms with Crippen LogP contribution in [0.1, 0.15) is 63.5 Å². The summed E-state index contributed by atoms with van der Waals surface area (Å²) < 4.78 is 10.4. The zero-order chi connectivity index (χ0) is 19.3. The van der Waals surface area contributed by atoms with E-state index in [4.69, 9.17) is 9.47 Å². The Kier molecular flexibility index (Phi) is 5.94. The smallest absolute Gasteiger partial charge is 0.308 e. The molecular weight excluding hydrogens is 340 g/mol. The lowest BCUT2D eigenvalue weighted by Crippen LogP contribution is -2.27. The number of carbonyl (C=O) groups excluding carboxylic acids is 2. The molecule has 142 valence electrons. The van der Waals surface area contributed by atoms with Crippen LogP contribution in [0.5, 0.6) is 11.5 Å². The van der Waals surface area contributed by atoms with Crippen molar-refractivity contribution < 1.29 is 19.1 Å². The number of ether oxygens (including phenoxy) is 2. The molecule has 2 aromatic rings. The van der Waals surface area contributed by atoms with E-state index in [1.165, 1.54) is 50.7 Å². The van der Waals surface area contributed by atoms with Gasteiger partial charge >= 0.3 is 11.9 Å². The second-order valence-electron chi connectivity index (χ2n) is 7.23. The van der Waals surface area contributed by atoms with E-state index in [0.29, 0.717) is 11.5 Å². The van der Waals surface area contributed by atoms with E-state index in [1.807, 2.05) is 24.3 Å². The maximum absolute atomic E-state index is 11.2. The van der Waals surface area contributed by atoms with Crippen LogP contribution < -0.4 is 9.47 Å². The molecule has 0 aromatic heterocycles. The fraction of sp³-hybridized carbons (Fsp3) is 0.391. The predicted octanol–water partition coefficient (Wildman–Crippen LogP) is 5.18. The summed E-state index contributed by atoms with van der Waals surface area (Å²) in [7, 11) is 0. The highest BCUT2D eigenvalue weighted by molar-refractivity contribution is 5.69. The molecule has 4 heteroatoms. The number of carbonyl (C=O) groups is 2. The van der Waals surface area contributed by atoms with Crippen LogP contribution in [0.25, 0.3) is 0 Å². The average molecular weight is 366 g/mol. The zero-order valence-electron chi connectivity index (χ0n) is 16.0. The number of benzene rings is 2. The van der Waals surface area contributed by atoms with Crippen molar-refractivity contribution in [2.45, 2.75) is 57.8 Å². The summed E-state index contributed by atoms with van der Waals surface area (Å²) >= 11 is 0. The Morgan fingerprint density at radius 1 is 0.667 bits per heavy atom. The van der Waals surface area contributed by atoms with E-state index >= 15 is 0 Å². The highest BCUT2D eigenvalue weighted by Crippen LogP contribution is 2.44. The van der Waals surface area contributed by atoms with Gasteiger partial charge in [0.05, 0.1) is 0 Å². The molecule has 4 nitrogen and oxygen atoms in total. The summed E-state index contributed by atoms with van der Waals surface area (Å²) in [5.74, 6) is 0.515. The van der Waals surface area contributed by atoms with E-state index in [1.54, 1.807) is 0 Å². The van der Waals surface area contributed by atoms with Crippen molar-refractivity contribution in [2.75, 3.05) is 0 Å². The molecule has 0 atom stereocenters. The van der Waals surface area contributed by atoms with Gasteiger partial charge in [-0.1, -0.05) is 49.9 Å². The molecule has 0 spiro atoms. The van der Waals surface area contributed by atoms with Crippen LogP contribution in [0.3, 0.4) is 0 Å². The molecule has 0 aliphatic heterocycles. The van der Waals surface area contributed by atoms with E-state index in [9.17, 15) is 9.59 Å². The first-order valence-electron chi connectivity index (χ1n) is 9.57. The molecule has 0 unspecified atom stereocenters. The summed E-state index contributed by atoms with van der Waals surface area (Å²) in [6, 6.07) is 15.8. The first-order chi connectivity index (χ1) is 13.0. The highest BCUT2D eigenvalue weighted by atomic mass is 16.5. The molecule has 0 amide bonds. The molecule has 1 aliphatic rings. The number of esters is 2. The van der Waals surface area contributed by atoms with Gasteiger partial charge in [-0.25, -0.2) is 0 Å². The molecule has 1 saturated carbocycles. The first kappa shape index (κ1) is 19.2. The van der Waals surface area contributed by atoms with E-state index < -0.39 is 0 Å². The van der Waals surface area contributed by atoms with E-state index in [2.05, 4.69) is 24.3 Å². The van der Waals surface area contributed by atoms with Crippen LogP contribution in [0.4, 0.5) is 0 Å². The summed E-state index contributed by atoms with van der Waals surface area (Å²) in [5, 5.41) is 0. The van der Waals surface area contributed by atoms with Gasteiger partial charge in [0.25, 0.3) is 0 Å². The van der Waals surface area contributed by atoms with Crippen molar-refractivity contribution in [3.63, 3.8) is 0 Å². The molecule has 2 aromatic carbocycles. The zero-order valence-corrected chi connectivity index (χ0v) is 16.0. The van der Waals surface area contributed by atoms with E-state index in [0.717, 1.165) is 12.8 Å². The van der Waals surface area contributed by atoms with Crippen molar-refractivity contribution in [1.82, 2.24) is 0 Å². The molecular formula is C23H26O4. The predicted molar refractivity (Wildman–Crippen MR) is 104 cm³/mol. The lowest BCUT2D eigenvalue weighted by atomic mass is 9.69. The number of hydrogen-bond donors (Lipinski definition) is 0. The van der Waals surface area contributed by atoms with Gasteiger partial charge in [0.15, 0.2) is 0 Å². The lowest BCUT2D eigenvalue weighted by molar-refractivity contribution is -0.132. The SMILES string of the molecule is CC(=O)Oc1ccc(C2(c3ccc(OC(C)=O)cc3)CCCCCC2)cc1. The van der Waals surface area contributed by atoms with Gasteiger partial charge in [-0.3, -0.25) is 9.59 Å². The van der Waals surface area contributed by atoms with Crippen molar-refractivity contribution in [3.8, 4) is 11.5 Å². The van der Waals surface area contributed by atoms with Crippen molar-refractivity contribution in [1.29, 1.82) is 0 Å². The van der Waals surface area contributed by atoms with Gasteiger partial charge in [0, 0.05) is 19.3 Å². The Morgan fingerprint density at radius 3 is 1.37 bits per heavy atom. The monoisotopic (exact) mass is 366 g/mol. The first-order valence-corrected chi connectivity index (χ1v) is 9.57. The largest absolute Gasteiger partial charge is 0.427 e. The quantitative estimate of drug-likeness (QED) is 0.425. The van der Waals surface area contributed by atoms with Crippen molar-refractivity contribution >= 4 is 11.9 Å². The lowest BCUT2D eigenvalue weighted by Gasteiger charge is -2.34. The molecule has 0 radical (unpaired) electrons. The topological polar surface area (TPSA) is 52.6 Å². The van der Waals surface area contributed by atoms with Gasteiger partial charge < -0.3 is 9.47 Å². The Morgan fingerprint density at radius 2 is 1.04 bits per heavy atom. The van der Waals surface area contributed by atoms with E-state index in [-0.39, 0.29) is 17.4 Å². The van der Waals surface area contributed by atoms with Crippen molar-refractivity contribution in [2.24, 2.45) is 0 Å². The standard InChI is InChI=1S/C23H26O4/c1-17(24)26-21-11-7-19(8-12-21)23(15-5-3-4-6-16-23)20-9-13-22(14-10-20)27-18(2)25/h7-14H,3-6,15-16H2,1-2H3. The molecule has 1 fully saturated rings. The summed E-state index contributed by atoms with van der Waals surface area (Å²) in [4.78, 5) is 22.4. The fourth-order valence-corrected chi connectivity index (χ4v) is 4.09. The average Bonchev–Trinajstić information content (AvgIpc) is 2.89. The van der Waals surface area contributed by atoms with Crippen LogP contribution in [0.15, 0.2) is 48.5 Å². The van der Waals surface area contributed by atoms with Crippen molar-refractivity contribution in [3.05, 3.63) is 59.7 Å². The van der Waals surface area contributed by atoms with Gasteiger partial charge in [-0.05, 0) is 48.2 Å². The number of hydrogen-bond acceptors (Lipinski definition) is 4. The maximum atomic E-state index is 11.2. The fourth-order valence-electron chi connectivity index (χ4n) is 4.09. The van der Waals surface area contributed by atoms with Gasteiger partial charge in [0.2, 0.25) is 0 Å². The highest BCUT2D eigenvalue weighted by Gasteiger charge is 2.34. The Bertz CT molecular complexity index is 721. The maximum Gasteiger partial charge on any atom is 0.308 e. The molecule has 0 bridgehead atoms. The summed E-state index contributed by atoms with van der Waals surface area (Å²) in [6.45, 7) is 2.82. The van der Waals surface area contributed by atoms with Gasteiger partial charge in [0.1, 0.15) is 11.5 Å². The second kappa shape index (κ2) is 8.38. The minimum Gasteiger partial charge on any atom is -0.427 e. The third-order valence-electron chi connectivity index (χ3n) is 5.29. The molecule has 27 heavy (non-hydrogen) atoms. The molecule has 0 saturated heterocycles. The summed E-state index contributed by atoms with van der Waals surface area (Å²) in [5.41, 5.74) is 2.40. The van der Waals surface area contributed by atoms with Crippen LogP contribution in [0.2, 0.25) is 0 Å². The summed E-state index contributed by atoms with van der Waals surface area (Å²) in [6.07, 6.45) is 7.01. The Labute approximate surface area is 160 Å². The Hall–Kier alpha value is -2.62. The second-order valence-corrected chi connectivity index (χ2v) is 7.23. The molecule has 0 N–H and O–H groups in total. The van der Waals surface area contributed by atoms with Crippen LogP contribution >= 0.6 is 0 Å². The van der Waals surface area contributed by atoms with Crippen LogP contribution in [0, 0.1) is 0 Å². The normalized spacial score (nSPS) is 16.2. The molecule has 1 aliphatic carbocycles.